The molecule has 206 valence electrons. The van der Waals surface area contributed by atoms with Gasteiger partial charge in [-0.15, -0.1) is 0 Å². The second-order valence-corrected chi connectivity index (χ2v) is 9.70. The first-order chi connectivity index (χ1) is 20.1. The molecular weight excluding hydrogens is 512 g/mol. The van der Waals surface area contributed by atoms with Gasteiger partial charge in [-0.3, -0.25) is 4.79 Å². The van der Waals surface area contributed by atoms with E-state index in [0.717, 1.165) is 22.3 Å². The molecule has 0 spiro atoms. The molecular formula is C36H32O5. The summed E-state index contributed by atoms with van der Waals surface area (Å²) in [5, 5.41) is 10.0. The van der Waals surface area contributed by atoms with Gasteiger partial charge in [0.2, 0.25) is 0 Å². The Morgan fingerprint density at radius 1 is 0.561 bits per heavy atom. The summed E-state index contributed by atoms with van der Waals surface area (Å²) >= 11 is 0. The fraction of sp³-hybridized carbons (Fsp3) is 0.139. The number of Topliss-reactive ketones (excluding diaryl/α,β-unsaturated/α-hetero) is 1. The van der Waals surface area contributed by atoms with Crippen LogP contribution in [0.15, 0.2) is 127 Å². The van der Waals surface area contributed by atoms with Crippen molar-refractivity contribution in [3.05, 3.63) is 155 Å². The van der Waals surface area contributed by atoms with Crippen molar-refractivity contribution < 1.29 is 24.1 Å². The van der Waals surface area contributed by atoms with E-state index in [2.05, 4.69) is 0 Å². The number of carbonyl (C=O) groups excluding carboxylic acids is 1. The molecule has 0 unspecified atom stereocenters. The van der Waals surface area contributed by atoms with E-state index in [1.165, 1.54) is 0 Å². The van der Waals surface area contributed by atoms with Crippen LogP contribution >= 0.6 is 0 Å². The Bertz CT molecular complexity index is 1550. The molecule has 0 radical (unpaired) electrons. The zero-order valence-corrected chi connectivity index (χ0v) is 22.7. The minimum atomic E-state index is -0.0512. The molecule has 1 N–H and O–H groups in total. The highest BCUT2D eigenvalue weighted by Crippen LogP contribution is 2.30. The average Bonchev–Trinajstić information content (AvgIpc) is 3.02. The quantitative estimate of drug-likeness (QED) is 0.152. The van der Waals surface area contributed by atoms with Crippen molar-refractivity contribution in [1.29, 1.82) is 0 Å². The van der Waals surface area contributed by atoms with E-state index in [-0.39, 0.29) is 18.0 Å². The second kappa shape index (κ2) is 13.9. The Balaban J connectivity index is 1.30. The van der Waals surface area contributed by atoms with E-state index in [1.807, 2.05) is 91.0 Å². The van der Waals surface area contributed by atoms with Gasteiger partial charge in [-0.05, 0) is 46.9 Å². The Labute approximate surface area is 240 Å². The number of phenolic OH excluding ortho intramolecular Hbond substituents is 1. The number of ether oxygens (including phenoxy) is 3. The van der Waals surface area contributed by atoms with Crippen LogP contribution in [0.4, 0.5) is 0 Å². The number of hydrogen-bond donors (Lipinski definition) is 1. The fourth-order valence-corrected chi connectivity index (χ4v) is 4.42. The van der Waals surface area contributed by atoms with Crippen molar-refractivity contribution in [2.75, 3.05) is 0 Å². The number of ketones is 1. The van der Waals surface area contributed by atoms with Crippen molar-refractivity contribution in [2.45, 2.75) is 32.7 Å². The maximum atomic E-state index is 13.5. The van der Waals surface area contributed by atoms with Gasteiger partial charge in [-0.2, -0.15) is 0 Å². The highest BCUT2D eigenvalue weighted by atomic mass is 16.5. The number of rotatable bonds is 13. The first kappa shape index (κ1) is 27.5. The summed E-state index contributed by atoms with van der Waals surface area (Å²) < 4.78 is 18.2. The van der Waals surface area contributed by atoms with Gasteiger partial charge in [0.25, 0.3) is 0 Å². The Morgan fingerprint density at radius 2 is 1.10 bits per heavy atom. The minimum Gasteiger partial charge on any atom is -0.508 e. The first-order valence-corrected chi connectivity index (χ1v) is 13.6. The molecule has 5 heteroatoms. The van der Waals surface area contributed by atoms with E-state index in [4.69, 9.17) is 14.2 Å². The molecule has 0 aliphatic heterocycles. The van der Waals surface area contributed by atoms with Crippen LogP contribution < -0.4 is 14.2 Å². The maximum Gasteiger partial charge on any atom is 0.166 e. The minimum absolute atomic E-state index is 0.0512. The van der Waals surface area contributed by atoms with Gasteiger partial charge in [0.15, 0.2) is 5.78 Å². The fourth-order valence-electron chi connectivity index (χ4n) is 4.42. The highest BCUT2D eigenvalue weighted by molar-refractivity contribution is 5.99. The van der Waals surface area contributed by atoms with Crippen molar-refractivity contribution in [3.63, 3.8) is 0 Å². The van der Waals surface area contributed by atoms with E-state index in [9.17, 15) is 9.90 Å². The largest absolute Gasteiger partial charge is 0.508 e. The molecule has 0 aliphatic carbocycles. The summed E-state index contributed by atoms with van der Waals surface area (Å²) in [5.74, 6) is 1.74. The van der Waals surface area contributed by atoms with Gasteiger partial charge in [0.1, 0.15) is 42.8 Å². The standard InChI is InChI=1S/C36H32O5/c37-31-18-16-30(35(22-31)40-25-28-12-6-2-7-13-28)17-21-34(38)33-20-19-32(39-24-27-10-4-1-5-11-27)23-36(33)41-26-29-14-8-3-9-15-29/h1-16,18-20,22-23,37H,17,21,24-26H2. The monoisotopic (exact) mass is 544 g/mol. The van der Waals surface area contributed by atoms with E-state index < -0.39 is 0 Å². The molecule has 5 aromatic rings. The van der Waals surface area contributed by atoms with Crippen LogP contribution in [-0.2, 0) is 26.2 Å². The summed E-state index contributed by atoms with van der Waals surface area (Å²) in [6, 6.07) is 40.0. The number of aromatic hydroxyl groups is 1. The second-order valence-electron chi connectivity index (χ2n) is 9.70. The van der Waals surface area contributed by atoms with E-state index >= 15 is 0 Å². The summed E-state index contributed by atoms with van der Waals surface area (Å²) in [5.41, 5.74) is 4.43. The van der Waals surface area contributed by atoms with Gasteiger partial charge < -0.3 is 19.3 Å². The lowest BCUT2D eigenvalue weighted by Gasteiger charge is -2.15. The van der Waals surface area contributed by atoms with Gasteiger partial charge >= 0.3 is 0 Å². The molecule has 0 heterocycles. The van der Waals surface area contributed by atoms with Crippen LogP contribution in [0.3, 0.4) is 0 Å². The highest BCUT2D eigenvalue weighted by Gasteiger charge is 2.16. The summed E-state index contributed by atoms with van der Waals surface area (Å²) in [6.07, 6.45) is 0.700. The lowest BCUT2D eigenvalue weighted by atomic mass is 10.0. The number of benzene rings is 5. The van der Waals surface area contributed by atoms with Gasteiger partial charge in [0.05, 0.1) is 5.56 Å². The molecule has 0 saturated carbocycles. The molecule has 41 heavy (non-hydrogen) atoms. The molecule has 5 nitrogen and oxygen atoms in total. The third kappa shape index (κ3) is 7.99. The van der Waals surface area contributed by atoms with Crippen LogP contribution in [0.1, 0.15) is 39.0 Å². The van der Waals surface area contributed by atoms with Gasteiger partial charge in [-0.1, -0.05) is 97.1 Å². The maximum absolute atomic E-state index is 13.5. The third-order valence-electron chi connectivity index (χ3n) is 6.65. The lowest BCUT2D eigenvalue weighted by Crippen LogP contribution is -2.07. The van der Waals surface area contributed by atoms with Crippen LogP contribution in [0.5, 0.6) is 23.0 Å². The Kier molecular flexibility index (Phi) is 9.30. The van der Waals surface area contributed by atoms with Crippen LogP contribution in [-0.4, -0.2) is 10.9 Å². The molecule has 5 aromatic carbocycles. The van der Waals surface area contributed by atoms with E-state index in [0.29, 0.717) is 49.1 Å². The van der Waals surface area contributed by atoms with Crippen LogP contribution in [0.2, 0.25) is 0 Å². The zero-order valence-electron chi connectivity index (χ0n) is 22.7. The number of carbonyl (C=O) groups is 1. The van der Waals surface area contributed by atoms with Crippen molar-refractivity contribution in [3.8, 4) is 23.0 Å². The SMILES string of the molecule is O=C(CCc1ccc(O)cc1OCc1ccccc1)c1ccc(OCc2ccccc2)cc1OCc1ccccc1. The van der Waals surface area contributed by atoms with E-state index in [1.54, 1.807) is 36.4 Å². The first-order valence-electron chi connectivity index (χ1n) is 13.6. The molecule has 0 atom stereocenters. The van der Waals surface area contributed by atoms with Crippen LogP contribution in [0, 0.1) is 0 Å². The molecule has 5 rings (SSSR count). The zero-order chi connectivity index (χ0) is 28.3. The smallest absolute Gasteiger partial charge is 0.166 e. The number of aryl methyl sites for hydroxylation is 1. The average molecular weight is 545 g/mol. The van der Waals surface area contributed by atoms with Gasteiger partial charge in [0, 0.05) is 18.6 Å². The van der Waals surface area contributed by atoms with Crippen LogP contribution in [0.25, 0.3) is 0 Å². The molecule has 0 aromatic heterocycles. The van der Waals surface area contributed by atoms with Crippen molar-refractivity contribution in [2.24, 2.45) is 0 Å². The predicted octanol–water partition coefficient (Wildman–Crippen LogP) is 7.94. The summed E-state index contributed by atoms with van der Waals surface area (Å²) in [4.78, 5) is 13.5. The molecule has 0 bridgehead atoms. The number of hydrogen-bond acceptors (Lipinski definition) is 5. The number of phenols is 1. The predicted molar refractivity (Wildman–Crippen MR) is 160 cm³/mol. The van der Waals surface area contributed by atoms with Crippen molar-refractivity contribution >= 4 is 5.78 Å². The summed E-state index contributed by atoms with van der Waals surface area (Å²) in [6.45, 7) is 1.12. The molecule has 0 aliphatic rings. The molecule has 0 saturated heterocycles. The Hall–Kier alpha value is -5.03. The lowest BCUT2D eigenvalue weighted by molar-refractivity contribution is 0.0978. The molecule has 0 fully saturated rings. The van der Waals surface area contributed by atoms with Gasteiger partial charge in [-0.25, -0.2) is 0 Å². The normalized spacial score (nSPS) is 10.6. The topological polar surface area (TPSA) is 65.0 Å². The van der Waals surface area contributed by atoms with Crippen molar-refractivity contribution in [1.82, 2.24) is 0 Å². The molecule has 0 amide bonds. The third-order valence-corrected chi connectivity index (χ3v) is 6.65. The summed E-state index contributed by atoms with van der Waals surface area (Å²) in [7, 11) is 0. The Morgan fingerprint density at radius 3 is 1.68 bits per heavy atom.